The van der Waals surface area contributed by atoms with E-state index in [1.807, 2.05) is 31.2 Å². The summed E-state index contributed by atoms with van der Waals surface area (Å²) >= 11 is 3.59. The van der Waals surface area contributed by atoms with Crippen molar-refractivity contribution in [1.29, 1.82) is 0 Å². The highest BCUT2D eigenvalue weighted by atomic mass is 79.9. The highest BCUT2D eigenvalue weighted by Gasteiger charge is 2.12. The van der Waals surface area contributed by atoms with E-state index in [4.69, 9.17) is 15.2 Å². The minimum atomic E-state index is 0.189. The van der Waals surface area contributed by atoms with Crippen molar-refractivity contribution in [2.75, 3.05) is 17.8 Å². The molecule has 1 aromatic heterocycles. The number of halogens is 1. The van der Waals surface area contributed by atoms with Crippen molar-refractivity contribution in [2.45, 2.75) is 27.0 Å². The smallest absolute Gasteiger partial charge is 0.260 e. The summed E-state index contributed by atoms with van der Waals surface area (Å²) in [5.74, 6) is 1.54. The largest absolute Gasteiger partial charge is 0.490 e. The number of nitrogens with two attached hydrogens (primary N) is 1. The standard InChI is InChI=1S/C18H21BrN6O2/c1-3-26-16-8-14(10-21-25-18(20)22-23-24-25)15(19)9-17(16)27-11-13-7-5-4-6-12(13)2/h4-9,21H,3,10-11H2,1-2H3,(H2,20,22,24). The number of ether oxygens (including phenoxy) is 2. The van der Waals surface area contributed by atoms with Crippen molar-refractivity contribution < 1.29 is 9.47 Å². The van der Waals surface area contributed by atoms with E-state index in [2.05, 4.69) is 55.9 Å². The van der Waals surface area contributed by atoms with Gasteiger partial charge in [-0.1, -0.05) is 45.3 Å². The fourth-order valence-electron chi connectivity index (χ4n) is 2.49. The molecule has 27 heavy (non-hydrogen) atoms. The fraction of sp³-hybridized carbons (Fsp3) is 0.278. The van der Waals surface area contributed by atoms with Gasteiger partial charge in [0.15, 0.2) is 11.5 Å². The maximum atomic E-state index is 6.03. The predicted octanol–water partition coefficient (Wildman–Crippen LogP) is 3.05. The lowest BCUT2D eigenvalue weighted by atomic mass is 10.1. The number of tetrazole rings is 1. The van der Waals surface area contributed by atoms with Gasteiger partial charge in [-0.25, -0.2) is 0 Å². The summed E-state index contributed by atoms with van der Waals surface area (Å²) < 4.78 is 12.7. The average molecular weight is 433 g/mol. The highest BCUT2D eigenvalue weighted by Crippen LogP contribution is 2.34. The number of hydrogen-bond donors (Lipinski definition) is 2. The lowest BCUT2D eigenvalue weighted by Crippen LogP contribution is -2.18. The molecular weight excluding hydrogens is 412 g/mol. The van der Waals surface area contributed by atoms with Crippen LogP contribution in [-0.4, -0.2) is 26.9 Å². The molecule has 3 rings (SSSR count). The molecule has 0 radical (unpaired) electrons. The first kappa shape index (κ1) is 19.0. The molecule has 0 aliphatic rings. The second kappa shape index (κ2) is 8.72. The van der Waals surface area contributed by atoms with Crippen LogP contribution in [0.5, 0.6) is 11.5 Å². The van der Waals surface area contributed by atoms with Crippen molar-refractivity contribution in [3.05, 3.63) is 57.6 Å². The van der Waals surface area contributed by atoms with Gasteiger partial charge in [-0.2, -0.15) is 0 Å². The number of nitrogen functional groups attached to an aromatic ring is 1. The topological polar surface area (TPSA) is 100 Å². The van der Waals surface area contributed by atoms with Gasteiger partial charge in [0.25, 0.3) is 5.95 Å². The third-order valence-corrected chi connectivity index (χ3v) is 4.71. The first-order chi connectivity index (χ1) is 13.1. The Morgan fingerprint density at radius 2 is 1.93 bits per heavy atom. The number of nitrogens with zero attached hydrogens (tertiary/aromatic N) is 4. The minimum absolute atomic E-state index is 0.189. The van der Waals surface area contributed by atoms with E-state index in [-0.39, 0.29) is 5.95 Å². The Bertz CT molecular complexity index is 915. The first-order valence-corrected chi connectivity index (χ1v) is 9.28. The Morgan fingerprint density at radius 1 is 1.15 bits per heavy atom. The van der Waals surface area contributed by atoms with Crippen molar-refractivity contribution in [1.82, 2.24) is 20.3 Å². The van der Waals surface area contributed by atoms with Crippen LogP contribution in [0.2, 0.25) is 0 Å². The molecule has 0 spiro atoms. The van der Waals surface area contributed by atoms with Gasteiger partial charge < -0.3 is 20.6 Å². The van der Waals surface area contributed by atoms with Gasteiger partial charge in [-0.05, 0) is 53.1 Å². The molecular formula is C18H21BrN6O2. The third-order valence-electron chi connectivity index (χ3n) is 3.97. The summed E-state index contributed by atoms with van der Waals surface area (Å²) in [7, 11) is 0. The molecule has 0 aliphatic carbocycles. The lowest BCUT2D eigenvalue weighted by molar-refractivity contribution is 0.268. The molecule has 0 amide bonds. The van der Waals surface area contributed by atoms with Crippen LogP contribution in [0.3, 0.4) is 0 Å². The van der Waals surface area contributed by atoms with Crippen LogP contribution in [0, 0.1) is 6.92 Å². The molecule has 0 atom stereocenters. The maximum Gasteiger partial charge on any atom is 0.260 e. The number of rotatable bonds is 8. The van der Waals surface area contributed by atoms with Gasteiger partial charge in [0.05, 0.1) is 13.2 Å². The van der Waals surface area contributed by atoms with Gasteiger partial charge >= 0.3 is 0 Å². The highest BCUT2D eigenvalue weighted by molar-refractivity contribution is 9.10. The number of anilines is 1. The molecule has 0 saturated carbocycles. The summed E-state index contributed by atoms with van der Waals surface area (Å²) in [6.45, 7) is 5.46. The second-order valence-electron chi connectivity index (χ2n) is 5.82. The fourth-order valence-corrected chi connectivity index (χ4v) is 2.95. The summed E-state index contributed by atoms with van der Waals surface area (Å²) in [6.07, 6.45) is 0. The van der Waals surface area contributed by atoms with E-state index in [1.54, 1.807) is 0 Å². The van der Waals surface area contributed by atoms with Gasteiger partial charge in [0, 0.05) is 4.47 Å². The summed E-state index contributed by atoms with van der Waals surface area (Å²) in [5.41, 5.74) is 12.0. The van der Waals surface area contributed by atoms with E-state index in [0.717, 1.165) is 15.6 Å². The third kappa shape index (κ3) is 4.68. The maximum absolute atomic E-state index is 6.03. The number of aromatic nitrogens is 4. The second-order valence-corrected chi connectivity index (χ2v) is 6.68. The molecule has 0 unspecified atom stereocenters. The van der Waals surface area contributed by atoms with Crippen LogP contribution in [-0.2, 0) is 13.2 Å². The van der Waals surface area contributed by atoms with E-state index in [1.165, 1.54) is 10.4 Å². The van der Waals surface area contributed by atoms with Crippen LogP contribution in [0.15, 0.2) is 40.9 Å². The zero-order chi connectivity index (χ0) is 19.2. The van der Waals surface area contributed by atoms with Crippen LogP contribution >= 0.6 is 15.9 Å². The van der Waals surface area contributed by atoms with Crippen LogP contribution in [0.25, 0.3) is 0 Å². The SMILES string of the molecule is CCOc1cc(CNn2nnnc2N)c(Br)cc1OCc1ccccc1C. The molecule has 2 aromatic carbocycles. The van der Waals surface area contributed by atoms with E-state index < -0.39 is 0 Å². The summed E-state index contributed by atoms with van der Waals surface area (Å²) in [6, 6.07) is 12.0. The minimum Gasteiger partial charge on any atom is -0.490 e. The monoisotopic (exact) mass is 432 g/mol. The van der Waals surface area contributed by atoms with Crippen LogP contribution < -0.4 is 20.6 Å². The average Bonchev–Trinajstić information content (AvgIpc) is 3.06. The Balaban J connectivity index is 1.77. The molecule has 3 N–H and O–H groups in total. The Hall–Kier alpha value is -2.81. The molecule has 142 valence electrons. The number of aryl methyl sites for hydroxylation is 1. The van der Waals surface area contributed by atoms with E-state index in [9.17, 15) is 0 Å². The summed E-state index contributed by atoms with van der Waals surface area (Å²) in [4.78, 5) is 1.31. The van der Waals surface area contributed by atoms with Crippen molar-refractivity contribution >= 4 is 21.9 Å². The zero-order valence-electron chi connectivity index (χ0n) is 15.1. The molecule has 0 bridgehead atoms. The van der Waals surface area contributed by atoms with Crippen molar-refractivity contribution in [3.63, 3.8) is 0 Å². The quantitative estimate of drug-likeness (QED) is 0.563. The zero-order valence-corrected chi connectivity index (χ0v) is 16.7. The van der Waals surface area contributed by atoms with Crippen molar-refractivity contribution in [3.8, 4) is 11.5 Å². The Morgan fingerprint density at radius 3 is 2.63 bits per heavy atom. The molecule has 0 fully saturated rings. The first-order valence-electron chi connectivity index (χ1n) is 8.48. The molecule has 8 nitrogen and oxygen atoms in total. The Labute approximate surface area is 165 Å². The van der Waals surface area contributed by atoms with E-state index >= 15 is 0 Å². The van der Waals surface area contributed by atoms with Gasteiger partial charge in [-0.15, -0.1) is 4.79 Å². The van der Waals surface area contributed by atoms with Crippen LogP contribution in [0.1, 0.15) is 23.6 Å². The summed E-state index contributed by atoms with van der Waals surface area (Å²) in [5, 5.41) is 10.9. The number of hydrogen-bond acceptors (Lipinski definition) is 7. The number of benzene rings is 2. The van der Waals surface area contributed by atoms with Gasteiger partial charge in [-0.3, -0.25) is 0 Å². The molecule has 0 saturated heterocycles. The molecule has 3 aromatic rings. The Kier molecular flexibility index (Phi) is 6.12. The molecule has 9 heteroatoms. The van der Waals surface area contributed by atoms with E-state index in [0.29, 0.717) is 31.3 Å². The normalized spacial score (nSPS) is 10.6. The predicted molar refractivity (Wildman–Crippen MR) is 106 cm³/mol. The van der Waals surface area contributed by atoms with Gasteiger partial charge in [0.2, 0.25) is 0 Å². The molecule has 0 aliphatic heterocycles. The molecule has 1 heterocycles. The van der Waals surface area contributed by atoms with Gasteiger partial charge in [0.1, 0.15) is 6.61 Å². The van der Waals surface area contributed by atoms with Crippen molar-refractivity contribution in [2.24, 2.45) is 0 Å². The lowest BCUT2D eigenvalue weighted by Gasteiger charge is -2.16. The van der Waals surface area contributed by atoms with Crippen LogP contribution in [0.4, 0.5) is 5.95 Å². The number of nitrogens with one attached hydrogen (secondary N) is 1.